The molecule has 1 aromatic heterocycles. The fourth-order valence-electron chi connectivity index (χ4n) is 2.77. The third-order valence-electron chi connectivity index (χ3n) is 3.89. The number of aryl methyl sites for hydroxylation is 1. The lowest BCUT2D eigenvalue weighted by atomic mass is 9.96. The van der Waals surface area contributed by atoms with Crippen molar-refractivity contribution in [3.05, 3.63) is 18.0 Å². The van der Waals surface area contributed by atoms with Crippen LogP contribution >= 0.6 is 11.8 Å². The van der Waals surface area contributed by atoms with Crippen LogP contribution in [0.4, 0.5) is 0 Å². The van der Waals surface area contributed by atoms with E-state index in [1.165, 1.54) is 44.9 Å². The van der Waals surface area contributed by atoms with Gasteiger partial charge in [0.05, 0.1) is 0 Å². The lowest BCUT2D eigenvalue weighted by Crippen LogP contribution is -2.39. The molecule has 2 atom stereocenters. The topological polar surface area (TPSA) is 37.8 Å². The first kappa shape index (κ1) is 15.8. The summed E-state index contributed by atoms with van der Waals surface area (Å²) in [5, 5.41) is 5.31. The van der Waals surface area contributed by atoms with Crippen LogP contribution in [0.2, 0.25) is 0 Å². The first-order valence-corrected chi connectivity index (χ1v) is 8.87. The predicted molar refractivity (Wildman–Crippen MR) is 86.2 cm³/mol. The zero-order valence-electron chi connectivity index (χ0n) is 12.8. The van der Waals surface area contributed by atoms with Gasteiger partial charge in [-0.1, -0.05) is 44.4 Å². The molecule has 1 N–H and O–H groups in total. The molecule has 0 radical (unpaired) electrons. The first-order valence-electron chi connectivity index (χ1n) is 7.99. The second-order valence-corrected chi connectivity index (χ2v) is 6.90. The summed E-state index contributed by atoms with van der Waals surface area (Å²) < 4.78 is 0. The van der Waals surface area contributed by atoms with Crippen LogP contribution in [0.3, 0.4) is 0 Å². The molecule has 3 nitrogen and oxygen atoms in total. The van der Waals surface area contributed by atoms with Crippen LogP contribution in [0.15, 0.2) is 17.4 Å². The van der Waals surface area contributed by atoms with E-state index in [0.717, 1.165) is 17.4 Å². The van der Waals surface area contributed by atoms with Crippen molar-refractivity contribution in [2.75, 3.05) is 6.54 Å². The van der Waals surface area contributed by atoms with E-state index in [1.807, 2.05) is 30.9 Å². The summed E-state index contributed by atoms with van der Waals surface area (Å²) in [4.78, 5) is 8.99. The van der Waals surface area contributed by atoms with Gasteiger partial charge in [0.15, 0.2) is 5.16 Å². The second-order valence-electron chi connectivity index (χ2n) is 5.69. The molecule has 1 aliphatic carbocycles. The molecule has 20 heavy (non-hydrogen) atoms. The summed E-state index contributed by atoms with van der Waals surface area (Å²) in [6.07, 6.45) is 11.1. The van der Waals surface area contributed by atoms with E-state index in [-0.39, 0.29) is 0 Å². The zero-order valence-corrected chi connectivity index (χ0v) is 13.6. The first-order chi connectivity index (χ1) is 9.79. The molecule has 1 heterocycles. The summed E-state index contributed by atoms with van der Waals surface area (Å²) in [7, 11) is 0. The van der Waals surface area contributed by atoms with E-state index in [9.17, 15) is 0 Å². The Balaban J connectivity index is 2.01. The largest absolute Gasteiger partial charge is 0.313 e. The molecule has 0 aliphatic heterocycles. The van der Waals surface area contributed by atoms with Gasteiger partial charge in [-0.3, -0.25) is 0 Å². The van der Waals surface area contributed by atoms with Gasteiger partial charge in [0.1, 0.15) is 0 Å². The third kappa shape index (κ3) is 5.06. The van der Waals surface area contributed by atoms with Crippen LogP contribution in [-0.2, 0) is 0 Å². The number of hydrogen-bond acceptors (Lipinski definition) is 4. The van der Waals surface area contributed by atoms with Gasteiger partial charge in [0, 0.05) is 23.2 Å². The number of rotatable bonds is 5. The van der Waals surface area contributed by atoms with E-state index >= 15 is 0 Å². The Hall–Kier alpha value is -0.610. The second kappa shape index (κ2) is 8.63. The van der Waals surface area contributed by atoms with Gasteiger partial charge < -0.3 is 5.32 Å². The van der Waals surface area contributed by atoms with Crippen molar-refractivity contribution in [3.8, 4) is 0 Å². The molecule has 4 heteroatoms. The SMILES string of the molecule is CCCNC1CCCCCCC1Sc1nccc(C)n1. The van der Waals surface area contributed by atoms with Gasteiger partial charge in [-0.25, -0.2) is 9.97 Å². The Morgan fingerprint density at radius 2 is 2.05 bits per heavy atom. The molecule has 0 aromatic carbocycles. The minimum Gasteiger partial charge on any atom is -0.313 e. The minimum absolute atomic E-state index is 0.614. The fraction of sp³-hybridized carbons (Fsp3) is 0.750. The molecule has 112 valence electrons. The van der Waals surface area contributed by atoms with Crippen LogP contribution in [0.5, 0.6) is 0 Å². The number of thioether (sulfide) groups is 1. The summed E-state index contributed by atoms with van der Waals surface area (Å²) in [5.41, 5.74) is 1.06. The molecule has 1 aromatic rings. The van der Waals surface area contributed by atoms with E-state index in [1.54, 1.807) is 0 Å². The van der Waals surface area contributed by atoms with Crippen LogP contribution in [0, 0.1) is 6.92 Å². The molecule has 1 fully saturated rings. The molecule has 2 rings (SSSR count). The molecule has 0 spiro atoms. The summed E-state index contributed by atoms with van der Waals surface area (Å²) in [6, 6.07) is 2.58. The van der Waals surface area contributed by atoms with Crippen molar-refractivity contribution in [1.82, 2.24) is 15.3 Å². The fourth-order valence-corrected chi connectivity index (χ4v) is 4.04. The van der Waals surface area contributed by atoms with Crippen LogP contribution in [-0.4, -0.2) is 27.8 Å². The van der Waals surface area contributed by atoms with E-state index in [2.05, 4.69) is 22.2 Å². The molecule has 2 unspecified atom stereocenters. The Kier molecular flexibility index (Phi) is 6.80. The Morgan fingerprint density at radius 3 is 2.80 bits per heavy atom. The van der Waals surface area contributed by atoms with Crippen molar-refractivity contribution in [2.24, 2.45) is 0 Å². The predicted octanol–water partition coefficient (Wildman–Crippen LogP) is 3.97. The Labute approximate surface area is 127 Å². The van der Waals surface area contributed by atoms with Gasteiger partial charge in [-0.05, 0) is 38.8 Å². The summed E-state index contributed by atoms with van der Waals surface area (Å²) in [5.74, 6) is 0. The van der Waals surface area contributed by atoms with Crippen molar-refractivity contribution in [2.45, 2.75) is 75.2 Å². The molecule has 0 amide bonds. The van der Waals surface area contributed by atoms with Gasteiger partial charge in [0.25, 0.3) is 0 Å². The number of hydrogen-bond donors (Lipinski definition) is 1. The normalized spacial score (nSPS) is 24.1. The molecular weight excluding hydrogens is 266 g/mol. The number of aromatic nitrogens is 2. The van der Waals surface area contributed by atoms with Gasteiger partial charge >= 0.3 is 0 Å². The van der Waals surface area contributed by atoms with Crippen molar-refractivity contribution in [1.29, 1.82) is 0 Å². The standard InChI is InChI=1S/C16H27N3S/c1-3-11-17-14-8-6-4-5-7-9-15(14)20-16-18-12-10-13(2)19-16/h10,12,14-15,17H,3-9,11H2,1-2H3. The van der Waals surface area contributed by atoms with Gasteiger partial charge in [0.2, 0.25) is 0 Å². The van der Waals surface area contributed by atoms with E-state index in [4.69, 9.17) is 0 Å². The maximum Gasteiger partial charge on any atom is 0.188 e. The van der Waals surface area contributed by atoms with Crippen LogP contribution < -0.4 is 5.32 Å². The monoisotopic (exact) mass is 293 g/mol. The van der Waals surface area contributed by atoms with Gasteiger partial charge in [-0.15, -0.1) is 0 Å². The lowest BCUT2D eigenvalue weighted by Gasteiger charge is -2.29. The maximum atomic E-state index is 4.56. The Bertz CT molecular complexity index is 395. The lowest BCUT2D eigenvalue weighted by molar-refractivity contribution is 0.399. The number of nitrogens with zero attached hydrogens (tertiary/aromatic N) is 2. The quantitative estimate of drug-likeness (QED) is 0.834. The maximum absolute atomic E-state index is 4.56. The highest BCUT2D eigenvalue weighted by Crippen LogP contribution is 2.30. The minimum atomic E-state index is 0.614. The molecule has 1 aliphatic rings. The molecule has 0 saturated heterocycles. The summed E-state index contributed by atoms with van der Waals surface area (Å²) in [6.45, 7) is 5.40. The Morgan fingerprint density at radius 1 is 1.25 bits per heavy atom. The highest BCUT2D eigenvalue weighted by atomic mass is 32.2. The smallest absolute Gasteiger partial charge is 0.188 e. The molecule has 1 saturated carbocycles. The molecular formula is C16H27N3S. The van der Waals surface area contributed by atoms with Crippen LogP contribution in [0.25, 0.3) is 0 Å². The van der Waals surface area contributed by atoms with E-state index < -0.39 is 0 Å². The van der Waals surface area contributed by atoms with E-state index in [0.29, 0.717) is 11.3 Å². The van der Waals surface area contributed by atoms with Crippen LogP contribution in [0.1, 0.15) is 57.6 Å². The zero-order chi connectivity index (χ0) is 14.2. The average Bonchev–Trinajstić information content (AvgIpc) is 2.41. The van der Waals surface area contributed by atoms with Crippen molar-refractivity contribution < 1.29 is 0 Å². The third-order valence-corrected chi connectivity index (χ3v) is 5.16. The molecule has 0 bridgehead atoms. The highest BCUT2D eigenvalue weighted by molar-refractivity contribution is 7.99. The average molecular weight is 293 g/mol. The summed E-state index contributed by atoms with van der Waals surface area (Å²) >= 11 is 1.88. The highest BCUT2D eigenvalue weighted by Gasteiger charge is 2.24. The van der Waals surface area contributed by atoms with Crippen molar-refractivity contribution in [3.63, 3.8) is 0 Å². The van der Waals surface area contributed by atoms with Gasteiger partial charge in [-0.2, -0.15) is 0 Å². The van der Waals surface area contributed by atoms with Crippen molar-refractivity contribution >= 4 is 11.8 Å². The number of nitrogens with one attached hydrogen (secondary N) is 1.